The number of aromatic nitrogens is 2. The first-order valence-electron chi connectivity index (χ1n) is 6.26. The maximum Gasteiger partial charge on any atom is 0.338 e. The maximum absolute atomic E-state index is 13.6. The average Bonchev–Trinajstić information content (AvgIpc) is 2.43. The van der Waals surface area contributed by atoms with Crippen LogP contribution in [-0.2, 0) is 13.1 Å². The average molecular weight is 292 g/mol. The summed E-state index contributed by atoms with van der Waals surface area (Å²) in [6, 6.07) is 4.76. The van der Waals surface area contributed by atoms with Gasteiger partial charge in [0.1, 0.15) is 5.82 Å². The Kier molecular flexibility index (Phi) is 4.02. The van der Waals surface area contributed by atoms with Crippen molar-refractivity contribution in [2.24, 2.45) is 0 Å². The van der Waals surface area contributed by atoms with Crippen LogP contribution in [0.15, 0.2) is 40.1 Å². The van der Waals surface area contributed by atoms with Crippen molar-refractivity contribution in [2.75, 3.05) is 0 Å². The van der Waals surface area contributed by atoms with Gasteiger partial charge in [-0.15, -0.1) is 0 Å². The molecule has 0 unspecified atom stereocenters. The molecule has 0 aliphatic carbocycles. The Labute approximate surface area is 118 Å². The molecular formula is C14H13FN2O4. The van der Waals surface area contributed by atoms with E-state index in [1.807, 2.05) is 0 Å². The maximum atomic E-state index is 13.6. The van der Waals surface area contributed by atoms with Crippen molar-refractivity contribution in [1.29, 1.82) is 0 Å². The molecule has 0 bridgehead atoms. The molecule has 0 fully saturated rings. The molecule has 0 aliphatic rings. The van der Waals surface area contributed by atoms with E-state index in [-0.39, 0.29) is 6.54 Å². The number of hydrogen-bond acceptors (Lipinski definition) is 3. The number of carboxylic acid groups (broad SMARTS) is 1. The van der Waals surface area contributed by atoms with Crippen molar-refractivity contribution >= 4 is 5.97 Å². The van der Waals surface area contributed by atoms with Crippen LogP contribution in [-0.4, -0.2) is 20.2 Å². The van der Waals surface area contributed by atoms with Gasteiger partial charge >= 0.3 is 11.7 Å². The Hall–Kier alpha value is -2.70. The number of rotatable bonds is 4. The van der Waals surface area contributed by atoms with Gasteiger partial charge in [-0.2, -0.15) is 0 Å². The minimum atomic E-state index is -1.37. The molecule has 0 atom stereocenters. The molecule has 1 heterocycles. The molecule has 0 amide bonds. The molecule has 110 valence electrons. The van der Waals surface area contributed by atoms with Gasteiger partial charge in [-0.1, -0.05) is 6.07 Å². The summed E-state index contributed by atoms with van der Waals surface area (Å²) in [5.74, 6) is -2.27. The van der Waals surface area contributed by atoms with E-state index in [0.29, 0.717) is 12.1 Å². The SMILES string of the molecule is CCn1ccc(=O)n(Cc2ccc(C(=O)O)c(F)c2)c1=O. The topological polar surface area (TPSA) is 81.3 Å². The molecule has 2 aromatic rings. The van der Waals surface area contributed by atoms with Gasteiger partial charge in [-0.3, -0.25) is 9.36 Å². The summed E-state index contributed by atoms with van der Waals surface area (Å²) in [6.07, 6.45) is 1.40. The van der Waals surface area contributed by atoms with Crippen molar-refractivity contribution in [2.45, 2.75) is 20.0 Å². The first-order valence-corrected chi connectivity index (χ1v) is 6.26. The highest BCUT2D eigenvalue weighted by Crippen LogP contribution is 2.11. The number of halogens is 1. The molecule has 7 heteroatoms. The largest absolute Gasteiger partial charge is 0.478 e. The van der Waals surface area contributed by atoms with Crippen molar-refractivity contribution in [3.05, 3.63) is 68.2 Å². The fourth-order valence-corrected chi connectivity index (χ4v) is 1.96. The zero-order chi connectivity index (χ0) is 15.6. The predicted octanol–water partition coefficient (Wildman–Crippen LogP) is 0.915. The Balaban J connectivity index is 2.44. The summed E-state index contributed by atoms with van der Waals surface area (Å²) in [5.41, 5.74) is -1.10. The zero-order valence-corrected chi connectivity index (χ0v) is 11.2. The van der Waals surface area contributed by atoms with E-state index in [9.17, 15) is 18.8 Å². The number of carbonyl (C=O) groups is 1. The van der Waals surface area contributed by atoms with Crippen LogP contribution in [0.1, 0.15) is 22.8 Å². The summed E-state index contributed by atoms with van der Waals surface area (Å²) in [5, 5.41) is 8.75. The number of benzene rings is 1. The van der Waals surface area contributed by atoms with E-state index in [2.05, 4.69) is 0 Å². The van der Waals surface area contributed by atoms with Crippen LogP contribution in [0, 0.1) is 5.82 Å². The summed E-state index contributed by atoms with van der Waals surface area (Å²) in [6.45, 7) is 2.05. The lowest BCUT2D eigenvalue weighted by molar-refractivity contribution is 0.0692. The van der Waals surface area contributed by atoms with Crippen LogP contribution >= 0.6 is 0 Å². The van der Waals surface area contributed by atoms with E-state index in [1.54, 1.807) is 6.92 Å². The second-order valence-corrected chi connectivity index (χ2v) is 4.43. The van der Waals surface area contributed by atoms with Crippen molar-refractivity contribution in [3.63, 3.8) is 0 Å². The standard InChI is InChI=1S/C14H13FN2O4/c1-2-16-6-5-12(18)17(14(16)21)8-9-3-4-10(13(19)20)11(15)7-9/h3-7H,2,8H2,1H3,(H,19,20). The number of carboxylic acids is 1. The lowest BCUT2D eigenvalue weighted by atomic mass is 10.1. The van der Waals surface area contributed by atoms with E-state index < -0.39 is 28.6 Å². The Morgan fingerprint density at radius 1 is 1.29 bits per heavy atom. The number of nitrogens with zero attached hydrogens (tertiary/aromatic N) is 2. The van der Waals surface area contributed by atoms with Crippen LogP contribution in [0.2, 0.25) is 0 Å². The third kappa shape index (κ3) is 2.91. The second kappa shape index (κ2) is 5.74. The Bertz CT molecular complexity index is 807. The van der Waals surface area contributed by atoms with Gasteiger partial charge in [0.25, 0.3) is 5.56 Å². The first-order chi connectivity index (χ1) is 9.93. The van der Waals surface area contributed by atoms with E-state index in [1.165, 1.54) is 22.9 Å². The quantitative estimate of drug-likeness (QED) is 0.908. The fraction of sp³-hybridized carbons (Fsp3) is 0.214. The third-order valence-electron chi connectivity index (χ3n) is 3.08. The van der Waals surface area contributed by atoms with E-state index in [4.69, 9.17) is 5.11 Å². The second-order valence-electron chi connectivity index (χ2n) is 4.43. The van der Waals surface area contributed by atoms with Gasteiger partial charge in [0.2, 0.25) is 0 Å². The van der Waals surface area contributed by atoms with Crippen molar-refractivity contribution in [1.82, 2.24) is 9.13 Å². The summed E-state index contributed by atoms with van der Waals surface area (Å²) >= 11 is 0. The van der Waals surface area contributed by atoms with Crippen LogP contribution in [0.25, 0.3) is 0 Å². The molecule has 0 saturated heterocycles. The van der Waals surface area contributed by atoms with Crippen LogP contribution in [0.4, 0.5) is 4.39 Å². The monoisotopic (exact) mass is 292 g/mol. The van der Waals surface area contributed by atoms with E-state index >= 15 is 0 Å². The number of aryl methyl sites for hydroxylation is 1. The smallest absolute Gasteiger partial charge is 0.338 e. The molecule has 0 spiro atoms. The zero-order valence-electron chi connectivity index (χ0n) is 11.2. The minimum absolute atomic E-state index is 0.116. The summed E-state index contributed by atoms with van der Waals surface area (Å²) in [4.78, 5) is 34.5. The highest BCUT2D eigenvalue weighted by molar-refractivity contribution is 5.87. The van der Waals surface area contributed by atoms with Gasteiger partial charge in [0.05, 0.1) is 12.1 Å². The summed E-state index contributed by atoms with van der Waals surface area (Å²) in [7, 11) is 0. The van der Waals surface area contributed by atoms with Gasteiger partial charge in [0.15, 0.2) is 0 Å². The molecule has 0 saturated carbocycles. The lowest BCUT2D eigenvalue weighted by Crippen LogP contribution is -2.39. The van der Waals surface area contributed by atoms with Crippen LogP contribution < -0.4 is 11.2 Å². The molecule has 1 N–H and O–H groups in total. The normalized spacial score (nSPS) is 10.6. The first kappa shape index (κ1) is 14.7. The molecule has 6 nitrogen and oxygen atoms in total. The minimum Gasteiger partial charge on any atom is -0.478 e. The van der Waals surface area contributed by atoms with Crippen molar-refractivity contribution in [3.8, 4) is 0 Å². The highest BCUT2D eigenvalue weighted by Gasteiger charge is 2.12. The van der Waals surface area contributed by atoms with Gasteiger partial charge in [-0.05, 0) is 24.6 Å². The molecule has 21 heavy (non-hydrogen) atoms. The van der Waals surface area contributed by atoms with Crippen LogP contribution in [0.3, 0.4) is 0 Å². The molecule has 2 rings (SSSR count). The molecule has 1 aromatic heterocycles. The van der Waals surface area contributed by atoms with Gasteiger partial charge < -0.3 is 9.67 Å². The fourth-order valence-electron chi connectivity index (χ4n) is 1.96. The Morgan fingerprint density at radius 2 is 2.00 bits per heavy atom. The highest BCUT2D eigenvalue weighted by atomic mass is 19.1. The molecule has 0 aliphatic heterocycles. The van der Waals surface area contributed by atoms with Crippen molar-refractivity contribution < 1.29 is 14.3 Å². The molecule has 1 aromatic carbocycles. The van der Waals surface area contributed by atoms with Crippen LogP contribution in [0.5, 0.6) is 0 Å². The number of aromatic carboxylic acids is 1. The van der Waals surface area contributed by atoms with Gasteiger partial charge in [-0.25, -0.2) is 14.0 Å². The third-order valence-corrected chi connectivity index (χ3v) is 3.08. The summed E-state index contributed by atoms with van der Waals surface area (Å²) < 4.78 is 15.9. The molecular weight excluding hydrogens is 279 g/mol. The Morgan fingerprint density at radius 3 is 2.57 bits per heavy atom. The lowest BCUT2D eigenvalue weighted by Gasteiger charge is -2.09. The van der Waals surface area contributed by atoms with E-state index in [0.717, 1.165) is 16.7 Å². The molecule has 0 radical (unpaired) electrons. The predicted molar refractivity (Wildman–Crippen MR) is 73.1 cm³/mol. The van der Waals surface area contributed by atoms with Gasteiger partial charge in [0, 0.05) is 18.8 Å². The number of hydrogen-bond donors (Lipinski definition) is 1.